The number of carbonyl (C=O) groups excluding carboxylic acids is 2. The minimum atomic E-state index is -0.360. The number of piperidine rings is 1. The summed E-state index contributed by atoms with van der Waals surface area (Å²) in [6.07, 6.45) is 12.6. The number of anilines is 1. The number of aryl methyl sites for hydroxylation is 2. The molecule has 1 saturated carbocycles. The summed E-state index contributed by atoms with van der Waals surface area (Å²) in [7, 11) is 4.77. The quantitative estimate of drug-likeness (QED) is 0.311. The van der Waals surface area contributed by atoms with Crippen molar-refractivity contribution >= 4 is 28.9 Å². The van der Waals surface area contributed by atoms with Crippen LogP contribution in [0, 0.1) is 5.41 Å². The van der Waals surface area contributed by atoms with E-state index in [9.17, 15) is 19.2 Å². The van der Waals surface area contributed by atoms with Crippen LogP contribution in [0.2, 0.25) is 0 Å². The van der Waals surface area contributed by atoms with Gasteiger partial charge in [-0.15, -0.1) is 0 Å². The van der Waals surface area contributed by atoms with E-state index >= 15 is 0 Å². The molecule has 0 unspecified atom stereocenters. The first-order chi connectivity index (χ1) is 20.2. The highest BCUT2D eigenvalue weighted by atomic mass is 16.2. The van der Waals surface area contributed by atoms with Gasteiger partial charge in [-0.3, -0.25) is 33.3 Å². The summed E-state index contributed by atoms with van der Waals surface area (Å²) in [6, 6.07) is 1.84. The number of piperazine rings is 1. The molecule has 5 heterocycles. The molecule has 226 valence electrons. The zero-order valence-electron chi connectivity index (χ0n) is 24.9. The third-order valence-corrected chi connectivity index (χ3v) is 8.95. The number of likely N-dealkylation sites (tertiary alicyclic amines) is 1. The van der Waals surface area contributed by atoms with Gasteiger partial charge in [-0.1, -0.05) is 12.8 Å². The van der Waals surface area contributed by atoms with E-state index in [0.29, 0.717) is 30.6 Å². The molecule has 0 radical (unpaired) electrons. The summed E-state index contributed by atoms with van der Waals surface area (Å²) in [5, 5.41) is 0. The molecule has 3 aromatic rings. The highest BCUT2D eigenvalue weighted by Crippen LogP contribution is 2.46. The number of unbranched alkanes of at least 4 members (excludes halogenated alkanes) is 1. The second-order valence-corrected chi connectivity index (χ2v) is 11.8. The molecular formula is C29H41N9O4. The van der Waals surface area contributed by atoms with Crippen molar-refractivity contribution in [3.63, 3.8) is 0 Å². The second kappa shape index (κ2) is 12.6. The molecule has 0 atom stereocenters. The molecular weight excluding hydrogens is 538 g/mol. The topological polar surface area (TPSA) is 131 Å². The summed E-state index contributed by atoms with van der Waals surface area (Å²) >= 11 is 0. The molecule has 2 amide bonds. The predicted octanol–water partition coefficient (Wildman–Crippen LogP) is 1.06. The van der Waals surface area contributed by atoms with Gasteiger partial charge >= 0.3 is 5.69 Å². The molecule has 1 aliphatic carbocycles. The SMILES string of the molecule is Cn1c(=O)c2c(ncn2C)n(C)c1=O.O=C1CC2(CCCC2)CC(=O)N1CCCCN1CCN(c2ncccn2)CC1. The van der Waals surface area contributed by atoms with E-state index in [1.807, 2.05) is 6.07 Å². The maximum absolute atomic E-state index is 12.5. The number of carbonyl (C=O) groups is 2. The molecule has 13 nitrogen and oxygen atoms in total. The lowest BCUT2D eigenvalue weighted by molar-refractivity contribution is -0.153. The van der Waals surface area contributed by atoms with Gasteiger partial charge in [-0.2, -0.15) is 0 Å². The number of aromatic nitrogens is 6. The number of nitrogens with zero attached hydrogens (tertiary/aromatic N) is 9. The average Bonchev–Trinajstić information content (AvgIpc) is 3.61. The Morgan fingerprint density at radius 1 is 0.786 bits per heavy atom. The Kier molecular flexibility index (Phi) is 8.85. The van der Waals surface area contributed by atoms with Crippen molar-refractivity contribution in [1.29, 1.82) is 0 Å². The zero-order chi connectivity index (χ0) is 29.9. The Morgan fingerprint density at radius 3 is 2.05 bits per heavy atom. The smallest absolute Gasteiger partial charge is 0.332 e. The minimum absolute atomic E-state index is 0.00676. The molecule has 3 aromatic heterocycles. The van der Waals surface area contributed by atoms with Gasteiger partial charge in [-0.25, -0.2) is 19.7 Å². The Balaban J connectivity index is 0.000000211. The molecule has 3 fully saturated rings. The van der Waals surface area contributed by atoms with Crippen LogP contribution < -0.4 is 16.1 Å². The first-order valence-electron chi connectivity index (χ1n) is 14.8. The summed E-state index contributed by atoms with van der Waals surface area (Å²) in [4.78, 5) is 67.0. The van der Waals surface area contributed by atoms with E-state index in [1.54, 1.807) is 31.1 Å². The Hall–Kier alpha value is -3.87. The van der Waals surface area contributed by atoms with Crippen LogP contribution in [0.1, 0.15) is 51.4 Å². The van der Waals surface area contributed by atoms with Gasteiger partial charge < -0.3 is 9.47 Å². The number of imide groups is 1. The highest BCUT2D eigenvalue weighted by molar-refractivity contribution is 5.98. The molecule has 0 N–H and O–H groups in total. The largest absolute Gasteiger partial charge is 0.338 e. The van der Waals surface area contributed by atoms with E-state index in [4.69, 9.17) is 0 Å². The van der Waals surface area contributed by atoms with Gasteiger partial charge in [0.25, 0.3) is 5.56 Å². The van der Waals surface area contributed by atoms with Gasteiger partial charge in [0.1, 0.15) is 0 Å². The third kappa shape index (κ3) is 6.15. The van der Waals surface area contributed by atoms with Crippen LogP contribution in [0.3, 0.4) is 0 Å². The van der Waals surface area contributed by atoms with E-state index in [-0.39, 0.29) is 28.5 Å². The van der Waals surface area contributed by atoms with Crippen molar-refractivity contribution in [2.75, 3.05) is 44.2 Å². The van der Waals surface area contributed by atoms with Crippen LogP contribution in [-0.2, 0) is 30.7 Å². The first kappa shape index (κ1) is 29.6. The van der Waals surface area contributed by atoms with Crippen LogP contribution in [0.25, 0.3) is 11.2 Å². The molecule has 3 aliphatic rings. The van der Waals surface area contributed by atoms with Crippen molar-refractivity contribution in [2.45, 2.75) is 51.4 Å². The first-order valence-corrected chi connectivity index (χ1v) is 14.8. The van der Waals surface area contributed by atoms with Gasteiger partial charge in [-0.05, 0) is 43.7 Å². The lowest BCUT2D eigenvalue weighted by atomic mass is 9.76. The Bertz CT molecular complexity index is 1510. The van der Waals surface area contributed by atoms with Crippen molar-refractivity contribution in [3.8, 4) is 0 Å². The zero-order valence-corrected chi connectivity index (χ0v) is 24.9. The number of hydrogen-bond donors (Lipinski definition) is 0. The van der Waals surface area contributed by atoms with Crippen LogP contribution in [0.15, 0.2) is 34.4 Å². The summed E-state index contributed by atoms with van der Waals surface area (Å²) in [5.41, 5.74) is 0.187. The molecule has 0 aromatic carbocycles. The number of amides is 2. The summed E-state index contributed by atoms with van der Waals surface area (Å²) in [6.45, 7) is 5.49. The predicted molar refractivity (Wildman–Crippen MR) is 158 cm³/mol. The lowest BCUT2D eigenvalue weighted by Gasteiger charge is -2.37. The normalized spacial score (nSPS) is 19.0. The lowest BCUT2D eigenvalue weighted by Crippen LogP contribution is -2.48. The van der Waals surface area contributed by atoms with Gasteiger partial charge in [0.2, 0.25) is 17.8 Å². The van der Waals surface area contributed by atoms with Gasteiger partial charge in [0, 0.05) is 79.1 Å². The van der Waals surface area contributed by atoms with E-state index in [0.717, 1.165) is 68.9 Å². The Labute approximate surface area is 244 Å². The molecule has 0 bridgehead atoms. The minimum Gasteiger partial charge on any atom is -0.338 e. The fourth-order valence-electron chi connectivity index (χ4n) is 6.46. The average molecular weight is 580 g/mol. The maximum Gasteiger partial charge on any atom is 0.332 e. The van der Waals surface area contributed by atoms with Crippen molar-refractivity contribution in [2.24, 2.45) is 26.6 Å². The highest BCUT2D eigenvalue weighted by Gasteiger charge is 2.44. The van der Waals surface area contributed by atoms with Crippen molar-refractivity contribution in [1.82, 2.24) is 38.5 Å². The van der Waals surface area contributed by atoms with Gasteiger partial charge in [0.15, 0.2) is 11.2 Å². The monoisotopic (exact) mass is 579 g/mol. The summed E-state index contributed by atoms with van der Waals surface area (Å²) in [5.74, 6) is 0.938. The van der Waals surface area contributed by atoms with Crippen molar-refractivity contribution in [3.05, 3.63) is 45.6 Å². The van der Waals surface area contributed by atoms with Gasteiger partial charge in [0.05, 0.1) is 6.33 Å². The standard InChI is InChI=1S/C21H31N5O2.C8H10N4O2/c27-18-16-21(6-1-2-7-21)17-19(28)26(18)11-4-3-10-24-12-14-25(15-13-24)20-22-8-5-9-23-20;1-10-4-9-6-5(10)7(13)12(3)8(14)11(6)2/h5,8-9H,1-4,6-7,10-17H2;4H,1-3H3. The number of hydrogen-bond acceptors (Lipinski definition) is 9. The summed E-state index contributed by atoms with van der Waals surface area (Å²) < 4.78 is 4.04. The molecule has 1 spiro atoms. The molecule has 2 aliphatic heterocycles. The van der Waals surface area contributed by atoms with Crippen molar-refractivity contribution < 1.29 is 9.59 Å². The van der Waals surface area contributed by atoms with Crippen LogP contribution in [-0.4, -0.2) is 89.5 Å². The fourth-order valence-corrected chi connectivity index (χ4v) is 6.46. The van der Waals surface area contributed by atoms with Crippen LogP contribution >= 0.6 is 0 Å². The van der Waals surface area contributed by atoms with E-state index < -0.39 is 0 Å². The molecule has 6 rings (SSSR count). The van der Waals surface area contributed by atoms with E-state index in [2.05, 4.69) is 24.8 Å². The Morgan fingerprint density at radius 2 is 1.40 bits per heavy atom. The third-order valence-electron chi connectivity index (χ3n) is 8.95. The molecule has 2 saturated heterocycles. The number of imidazole rings is 1. The van der Waals surface area contributed by atoms with Crippen LogP contribution in [0.5, 0.6) is 0 Å². The fraction of sp³-hybridized carbons (Fsp3) is 0.621. The second-order valence-electron chi connectivity index (χ2n) is 11.8. The van der Waals surface area contributed by atoms with E-state index in [1.165, 1.54) is 35.7 Å². The molecule has 42 heavy (non-hydrogen) atoms. The van der Waals surface area contributed by atoms with Crippen LogP contribution in [0.4, 0.5) is 5.95 Å². The maximum atomic E-state index is 12.5. The molecule has 13 heteroatoms. The number of rotatable bonds is 6. The number of fused-ring (bicyclic) bond motifs is 1.